The standard InChI is InChI=1S/C15H10BrClN2O2/c1-19-8-10(16)6-11(15(19)21)14(20)5-9-3-2-4-13(17)12(9)7-18/h2-4,6,8H,5H2,1H3. The minimum atomic E-state index is -0.372. The SMILES string of the molecule is Cn1cc(Br)cc(C(=O)Cc2cccc(Cl)c2C#N)c1=O. The molecule has 0 amide bonds. The molecule has 6 heteroatoms. The van der Waals surface area contributed by atoms with Crippen molar-refractivity contribution < 1.29 is 4.79 Å². The zero-order valence-electron chi connectivity index (χ0n) is 11.1. The Bertz CT molecular complexity index is 821. The van der Waals surface area contributed by atoms with E-state index in [4.69, 9.17) is 16.9 Å². The molecule has 0 atom stereocenters. The van der Waals surface area contributed by atoms with E-state index in [2.05, 4.69) is 15.9 Å². The van der Waals surface area contributed by atoms with Gasteiger partial charge >= 0.3 is 0 Å². The summed E-state index contributed by atoms with van der Waals surface area (Å²) in [5, 5.41) is 9.40. The number of nitriles is 1. The average molecular weight is 366 g/mol. The van der Waals surface area contributed by atoms with Crippen molar-refractivity contribution in [2.24, 2.45) is 7.05 Å². The first-order chi connectivity index (χ1) is 9.93. The number of hydrogen-bond donors (Lipinski definition) is 0. The molecule has 21 heavy (non-hydrogen) atoms. The van der Waals surface area contributed by atoms with Gasteiger partial charge in [0.2, 0.25) is 0 Å². The van der Waals surface area contributed by atoms with E-state index in [9.17, 15) is 9.59 Å². The van der Waals surface area contributed by atoms with Crippen LogP contribution in [0.5, 0.6) is 0 Å². The average Bonchev–Trinajstić information content (AvgIpc) is 2.43. The van der Waals surface area contributed by atoms with Crippen LogP contribution in [-0.2, 0) is 13.5 Å². The fourth-order valence-corrected chi connectivity index (χ4v) is 2.75. The Morgan fingerprint density at radius 2 is 2.19 bits per heavy atom. The van der Waals surface area contributed by atoms with Crippen LogP contribution in [0.4, 0.5) is 0 Å². The van der Waals surface area contributed by atoms with Crippen LogP contribution in [0.2, 0.25) is 5.02 Å². The molecule has 0 bridgehead atoms. The number of hydrogen-bond acceptors (Lipinski definition) is 3. The van der Waals surface area contributed by atoms with Gasteiger partial charge in [-0.2, -0.15) is 5.26 Å². The number of carbonyl (C=O) groups is 1. The largest absolute Gasteiger partial charge is 0.317 e. The van der Waals surface area contributed by atoms with Crippen molar-refractivity contribution in [1.82, 2.24) is 4.57 Å². The van der Waals surface area contributed by atoms with Gasteiger partial charge in [-0.25, -0.2) is 0 Å². The summed E-state index contributed by atoms with van der Waals surface area (Å²) in [7, 11) is 1.57. The second-order valence-electron chi connectivity index (χ2n) is 4.47. The number of ketones is 1. The summed E-state index contributed by atoms with van der Waals surface area (Å²) in [5.74, 6) is -0.351. The first-order valence-corrected chi connectivity index (χ1v) is 7.18. The van der Waals surface area contributed by atoms with Gasteiger partial charge in [0.05, 0.1) is 16.1 Å². The zero-order chi connectivity index (χ0) is 15.6. The molecule has 2 aromatic rings. The fraction of sp³-hybridized carbons (Fsp3) is 0.133. The van der Waals surface area contributed by atoms with Gasteiger partial charge in [-0.05, 0) is 33.6 Å². The maximum absolute atomic E-state index is 12.3. The molecule has 0 saturated heterocycles. The molecule has 0 radical (unpaired) electrons. The van der Waals surface area contributed by atoms with E-state index < -0.39 is 0 Å². The third-order valence-electron chi connectivity index (χ3n) is 3.01. The Morgan fingerprint density at radius 1 is 1.48 bits per heavy atom. The molecule has 1 heterocycles. The number of benzene rings is 1. The molecule has 1 aromatic carbocycles. The van der Waals surface area contributed by atoms with Gasteiger partial charge in [0.25, 0.3) is 5.56 Å². The number of rotatable bonds is 3. The van der Waals surface area contributed by atoms with Gasteiger partial charge in [-0.3, -0.25) is 9.59 Å². The van der Waals surface area contributed by atoms with E-state index >= 15 is 0 Å². The van der Waals surface area contributed by atoms with E-state index in [1.54, 1.807) is 31.4 Å². The maximum Gasteiger partial charge on any atom is 0.261 e. The maximum atomic E-state index is 12.3. The quantitative estimate of drug-likeness (QED) is 0.785. The van der Waals surface area contributed by atoms with E-state index in [-0.39, 0.29) is 28.9 Å². The normalized spacial score (nSPS) is 10.2. The van der Waals surface area contributed by atoms with Gasteiger partial charge in [0, 0.05) is 24.1 Å². The number of carbonyl (C=O) groups excluding carboxylic acids is 1. The van der Waals surface area contributed by atoms with Gasteiger partial charge < -0.3 is 4.57 Å². The fourth-order valence-electron chi connectivity index (χ4n) is 1.98. The van der Waals surface area contributed by atoms with Crippen molar-refractivity contribution in [2.45, 2.75) is 6.42 Å². The number of aryl methyl sites for hydroxylation is 1. The summed E-state index contributed by atoms with van der Waals surface area (Å²) in [5.41, 5.74) is 0.482. The molecular weight excluding hydrogens is 356 g/mol. The second kappa shape index (κ2) is 6.25. The summed E-state index contributed by atoms with van der Waals surface area (Å²) in [4.78, 5) is 24.3. The van der Waals surface area contributed by atoms with Gasteiger partial charge in [-0.1, -0.05) is 23.7 Å². The highest BCUT2D eigenvalue weighted by molar-refractivity contribution is 9.10. The molecule has 0 aliphatic carbocycles. The van der Waals surface area contributed by atoms with Crippen molar-refractivity contribution in [3.05, 3.63) is 67.0 Å². The lowest BCUT2D eigenvalue weighted by Crippen LogP contribution is -2.24. The molecule has 0 aliphatic rings. The monoisotopic (exact) mass is 364 g/mol. The third-order valence-corrected chi connectivity index (χ3v) is 3.76. The van der Waals surface area contributed by atoms with Crippen LogP contribution in [0.15, 0.2) is 39.7 Å². The van der Waals surface area contributed by atoms with Crippen LogP contribution in [0.25, 0.3) is 0 Å². The summed E-state index contributed by atoms with van der Waals surface area (Å²) in [6.45, 7) is 0. The Hall–Kier alpha value is -1.90. The molecule has 1 aromatic heterocycles. The van der Waals surface area contributed by atoms with Crippen LogP contribution >= 0.6 is 27.5 Å². The molecule has 0 aliphatic heterocycles. The first kappa shape index (κ1) is 15.5. The molecule has 106 valence electrons. The zero-order valence-corrected chi connectivity index (χ0v) is 13.4. The van der Waals surface area contributed by atoms with Crippen molar-refractivity contribution in [3.63, 3.8) is 0 Å². The van der Waals surface area contributed by atoms with Crippen LogP contribution in [0.1, 0.15) is 21.5 Å². The summed E-state index contributed by atoms with van der Waals surface area (Å²) in [6, 6.07) is 8.39. The first-order valence-electron chi connectivity index (χ1n) is 6.01. The summed E-state index contributed by atoms with van der Waals surface area (Å²) < 4.78 is 1.97. The van der Waals surface area contributed by atoms with Crippen LogP contribution < -0.4 is 5.56 Å². The predicted octanol–water partition coefficient (Wildman–Crippen LogP) is 3.10. The lowest BCUT2D eigenvalue weighted by molar-refractivity contribution is 0.0991. The van der Waals surface area contributed by atoms with Gasteiger partial charge in [0.15, 0.2) is 5.78 Å². The van der Waals surface area contributed by atoms with Gasteiger partial charge in [-0.15, -0.1) is 0 Å². The Kier molecular flexibility index (Phi) is 4.61. The number of aromatic nitrogens is 1. The smallest absolute Gasteiger partial charge is 0.261 e. The highest BCUT2D eigenvalue weighted by Crippen LogP contribution is 2.20. The lowest BCUT2D eigenvalue weighted by Gasteiger charge is -2.06. The molecule has 0 N–H and O–H groups in total. The third kappa shape index (κ3) is 3.23. The topological polar surface area (TPSA) is 62.9 Å². The molecule has 2 rings (SSSR count). The Labute approximate surface area is 134 Å². The van der Waals surface area contributed by atoms with Crippen molar-refractivity contribution in [1.29, 1.82) is 5.26 Å². The van der Waals surface area contributed by atoms with Crippen molar-refractivity contribution in [2.75, 3.05) is 0 Å². The van der Waals surface area contributed by atoms with E-state index in [1.807, 2.05) is 6.07 Å². The van der Waals surface area contributed by atoms with Crippen LogP contribution in [0.3, 0.4) is 0 Å². The highest BCUT2D eigenvalue weighted by Gasteiger charge is 2.16. The van der Waals surface area contributed by atoms with Gasteiger partial charge in [0.1, 0.15) is 6.07 Å². The number of halogens is 2. The second-order valence-corrected chi connectivity index (χ2v) is 5.80. The molecule has 4 nitrogen and oxygen atoms in total. The predicted molar refractivity (Wildman–Crippen MR) is 83.6 cm³/mol. The van der Waals surface area contributed by atoms with Crippen LogP contribution in [0, 0.1) is 11.3 Å². The van der Waals surface area contributed by atoms with Crippen LogP contribution in [-0.4, -0.2) is 10.4 Å². The molecule has 0 saturated carbocycles. The molecule has 0 spiro atoms. The summed E-state index contributed by atoms with van der Waals surface area (Å²) >= 11 is 9.19. The minimum absolute atomic E-state index is 0.0465. The van der Waals surface area contributed by atoms with E-state index in [0.717, 1.165) is 0 Å². The number of nitrogens with zero attached hydrogens (tertiary/aromatic N) is 2. The highest BCUT2D eigenvalue weighted by atomic mass is 79.9. The number of pyridine rings is 1. The lowest BCUT2D eigenvalue weighted by atomic mass is 10.00. The Morgan fingerprint density at radius 3 is 2.86 bits per heavy atom. The molecule has 0 unspecified atom stereocenters. The minimum Gasteiger partial charge on any atom is -0.317 e. The molecule has 0 fully saturated rings. The molecular formula is C15H10BrClN2O2. The number of Topliss-reactive ketones (excluding diaryl/α,β-unsaturated/α-hetero) is 1. The van der Waals surface area contributed by atoms with Crippen molar-refractivity contribution in [3.8, 4) is 6.07 Å². The Balaban J connectivity index is 2.43. The summed E-state index contributed by atoms with van der Waals surface area (Å²) in [6.07, 6.45) is 1.54. The van der Waals surface area contributed by atoms with E-state index in [0.29, 0.717) is 15.1 Å². The van der Waals surface area contributed by atoms with E-state index in [1.165, 1.54) is 10.6 Å². The van der Waals surface area contributed by atoms with Crippen molar-refractivity contribution >= 4 is 33.3 Å².